The van der Waals surface area contributed by atoms with Crippen LogP contribution < -0.4 is 11.1 Å². The molecule has 0 fully saturated rings. The minimum Gasteiger partial charge on any atom is -0.366 e. The van der Waals surface area contributed by atoms with Gasteiger partial charge in [-0.1, -0.05) is 34.4 Å². The molecule has 0 atom stereocenters. The Morgan fingerprint density at radius 3 is 2.48 bits per heavy atom. The Morgan fingerprint density at radius 1 is 1.19 bits per heavy atom. The molecule has 2 amide bonds. The van der Waals surface area contributed by atoms with Gasteiger partial charge in [0, 0.05) is 11.3 Å². The molecule has 0 spiro atoms. The van der Waals surface area contributed by atoms with Crippen LogP contribution in [0.5, 0.6) is 0 Å². The van der Waals surface area contributed by atoms with Crippen LogP contribution >= 0.6 is 23.2 Å². The third-order valence-corrected chi connectivity index (χ3v) is 4.41. The number of hydrogen-bond acceptors (Lipinski definition) is 4. The molecule has 0 radical (unpaired) electrons. The molecule has 3 aromatic rings. The number of carbonyl (C=O) groups is 2. The van der Waals surface area contributed by atoms with Crippen LogP contribution in [0.4, 0.5) is 10.1 Å². The molecule has 1 heterocycles. The first-order chi connectivity index (χ1) is 12.8. The summed E-state index contributed by atoms with van der Waals surface area (Å²) in [5.74, 6) is -2.10. The molecule has 0 bridgehead atoms. The molecule has 0 unspecified atom stereocenters. The van der Waals surface area contributed by atoms with Gasteiger partial charge in [0.15, 0.2) is 0 Å². The van der Waals surface area contributed by atoms with Gasteiger partial charge in [-0.05, 0) is 37.3 Å². The number of carbonyl (C=O) groups excluding carboxylic acids is 2. The largest absolute Gasteiger partial charge is 0.366 e. The normalized spacial score (nSPS) is 10.7. The van der Waals surface area contributed by atoms with Crippen molar-refractivity contribution in [3.8, 4) is 11.3 Å². The maximum absolute atomic E-state index is 13.6. The minimum absolute atomic E-state index is 0.106. The highest BCUT2D eigenvalue weighted by atomic mass is 35.5. The Labute approximate surface area is 163 Å². The first-order valence-corrected chi connectivity index (χ1v) is 8.36. The second-order valence-electron chi connectivity index (χ2n) is 5.57. The van der Waals surface area contributed by atoms with Gasteiger partial charge in [0.05, 0.1) is 15.6 Å². The summed E-state index contributed by atoms with van der Waals surface area (Å²) >= 11 is 12.4. The van der Waals surface area contributed by atoms with Gasteiger partial charge in [-0.3, -0.25) is 9.59 Å². The van der Waals surface area contributed by atoms with Gasteiger partial charge in [-0.15, -0.1) is 0 Å². The lowest BCUT2D eigenvalue weighted by Crippen LogP contribution is -2.16. The lowest BCUT2D eigenvalue weighted by Gasteiger charge is -2.09. The topological polar surface area (TPSA) is 98.2 Å². The molecule has 138 valence electrons. The summed E-state index contributed by atoms with van der Waals surface area (Å²) in [5, 5.41) is 7.04. The number of nitrogens with zero attached hydrogens (tertiary/aromatic N) is 1. The maximum Gasteiger partial charge on any atom is 0.261 e. The summed E-state index contributed by atoms with van der Waals surface area (Å²) in [6.45, 7) is 1.55. The number of anilines is 1. The highest BCUT2D eigenvalue weighted by Gasteiger charge is 2.25. The van der Waals surface area contributed by atoms with Crippen molar-refractivity contribution in [3.05, 3.63) is 69.1 Å². The van der Waals surface area contributed by atoms with Crippen molar-refractivity contribution in [3.63, 3.8) is 0 Å². The second-order valence-corrected chi connectivity index (χ2v) is 6.39. The Morgan fingerprint density at radius 2 is 1.85 bits per heavy atom. The molecule has 3 rings (SSSR count). The Balaban J connectivity index is 2.01. The predicted molar refractivity (Wildman–Crippen MR) is 99.6 cm³/mol. The van der Waals surface area contributed by atoms with Gasteiger partial charge in [-0.2, -0.15) is 0 Å². The second kappa shape index (κ2) is 7.38. The Hall–Kier alpha value is -2.90. The van der Waals surface area contributed by atoms with Crippen molar-refractivity contribution in [1.29, 1.82) is 0 Å². The van der Waals surface area contributed by atoms with E-state index in [-0.39, 0.29) is 28.3 Å². The Bertz CT molecular complexity index is 1050. The number of benzene rings is 2. The monoisotopic (exact) mass is 407 g/mol. The molecule has 9 heteroatoms. The number of rotatable bonds is 4. The predicted octanol–water partition coefficient (Wildman–Crippen LogP) is 4.45. The van der Waals surface area contributed by atoms with Gasteiger partial charge in [0.25, 0.3) is 11.8 Å². The van der Waals surface area contributed by atoms with Crippen LogP contribution in [0.2, 0.25) is 10.0 Å². The molecule has 0 aliphatic carbocycles. The number of nitrogens with two attached hydrogens (primary N) is 1. The molecular weight excluding hydrogens is 396 g/mol. The van der Waals surface area contributed by atoms with E-state index in [4.69, 9.17) is 33.5 Å². The first-order valence-electron chi connectivity index (χ1n) is 7.61. The molecule has 27 heavy (non-hydrogen) atoms. The number of primary amides is 1. The summed E-state index contributed by atoms with van der Waals surface area (Å²) in [6.07, 6.45) is 0. The van der Waals surface area contributed by atoms with Gasteiger partial charge in [0.1, 0.15) is 22.8 Å². The van der Waals surface area contributed by atoms with Crippen LogP contribution in [0.1, 0.15) is 26.5 Å². The van der Waals surface area contributed by atoms with Crippen molar-refractivity contribution < 1.29 is 18.5 Å². The quantitative estimate of drug-likeness (QED) is 0.667. The fourth-order valence-electron chi connectivity index (χ4n) is 2.52. The number of aryl methyl sites for hydroxylation is 1. The average Bonchev–Trinajstić information content (AvgIpc) is 2.97. The molecule has 3 N–H and O–H groups in total. The van der Waals surface area contributed by atoms with Crippen molar-refractivity contribution >= 4 is 40.7 Å². The summed E-state index contributed by atoms with van der Waals surface area (Å²) in [6, 6.07) is 8.33. The zero-order valence-corrected chi connectivity index (χ0v) is 15.4. The van der Waals surface area contributed by atoms with Gasteiger partial charge < -0.3 is 15.6 Å². The third-order valence-electron chi connectivity index (χ3n) is 3.78. The summed E-state index contributed by atoms with van der Waals surface area (Å²) in [4.78, 5) is 24.0. The third kappa shape index (κ3) is 3.65. The highest BCUT2D eigenvalue weighted by molar-refractivity contribution is 6.39. The van der Waals surface area contributed by atoms with Crippen LogP contribution in [0.15, 0.2) is 40.9 Å². The van der Waals surface area contributed by atoms with Crippen LogP contribution in [0.3, 0.4) is 0 Å². The van der Waals surface area contributed by atoms with E-state index >= 15 is 0 Å². The van der Waals surface area contributed by atoms with E-state index in [1.54, 1.807) is 25.1 Å². The fraction of sp³-hybridized carbons (Fsp3) is 0.0556. The molecule has 0 saturated carbocycles. The number of halogens is 3. The highest BCUT2D eigenvalue weighted by Crippen LogP contribution is 2.37. The van der Waals surface area contributed by atoms with Gasteiger partial charge >= 0.3 is 0 Å². The number of aromatic nitrogens is 1. The summed E-state index contributed by atoms with van der Waals surface area (Å²) < 4.78 is 18.7. The van der Waals surface area contributed by atoms with Crippen LogP contribution in [-0.4, -0.2) is 17.0 Å². The van der Waals surface area contributed by atoms with Crippen LogP contribution in [0.25, 0.3) is 11.3 Å². The molecule has 0 aliphatic heterocycles. The molecular formula is C18H12Cl2FN3O3. The summed E-state index contributed by atoms with van der Waals surface area (Å²) in [5.41, 5.74) is 5.57. The molecule has 6 nitrogen and oxygen atoms in total. The van der Waals surface area contributed by atoms with E-state index in [1.807, 2.05) is 0 Å². The fourth-order valence-corrected chi connectivity index (χ4v) is 3.10. The maximum atomic E-state index is 13.6. The number of nitrogens with one attached hydrogen (secondary N) is 1. The van der Waals surface area contributed by atoms with Crippen molar-refractivity contribution in [2.45, 2.75) is 6.92 Å². The van der Waals surface area contributed by atoms with Crippen LogP contribution in [0, 0.1) is 12.7 Å². The van der Waals surface area contributed by atoms with Gasteiger partial charge in [0.2, 0.25) is 0 Å². The Kier molecular flexibility index (Phi) is 5.16. The van der Waals surface area contributed by atoms with E-state index in [9.17, 15) is 14.0 Å². The SMILES string of the molecule is Cc1onc(-c2c(Cl)cccc2Cl)c1C(=O)Nc1ccc(F)c(C(N)=O)c1. The van der Waals surface area contributed by atoms with E-state index in [0.29, 0.717) is 15.6 Å². The molecule has 0 saturated heterocycles. The number of hydrogen-bond donors (Lipinski definition) is 2. The van der Waals surface area contributed by atoms with Gasteiger partial charge in [-0.25, -0.2) is 4.39 Å². The minimum atomic E-state index is -0.951. The van der Waals surface area contributed by atoms with E-state index in [2.05, 4.69) is 10.5 Å². The van der Waals surface area contributed by atoms with Crippen LogP contribution in [-0.2, 0) is 0 Å². The molecule has 2 aromatic carbocycles. The molecule has 1 aromatic heterocycles. The number of amides is 2. The zero-order chi connectivity index (χ0) is 19.7. The smallest absolute Gasteiger partial charge is 0.261 e. The average molecular weight is 408 g/mol. The lowest BCUT2D eigenvalue weighted by molar-refractivity contribution is 0.0992. The van der Waals surface area contributed by atoms with E-state index in [0.717, 1.165) is 12.1 Å². The van der Waals surface area contributed by atoms with Crippen molar-refractivity contribution in [2.24, 2.45) is 5.73 Å². The van der Waals surface area contributed by atoms with E-state index in [1.165, 1.54) is 6.07 Å². The first kappa shape index (κ1) is 18.9. The van der Waals surface area contributed by atoms with E-state index < -0.39 is 17.6 Å². The molecule has 0 aliphatic rings. The standard InChI is InChI=1S/C18H12Cl2FN3O3/c1-8-14(16(24-27-8)15-11(19)3-2-4-12(15)20)18(26)23-9-5-6-13(21)10(7-9)17(22)25/h2-7H,1H3,(H2,22,25)(H,23,26). The summed E-state index contributed by atoms with van der Waals surface area (Å²) in [7, 11) is 0. The van der Waals surface area contributed by atoms with Crippen molar-refractivity contribution in [2.75, 3.05) is 5.32 Å². The lowest BCUT2D eigenvalue weighted by atomic mass is 10.1. The van der Waals surface area contributed by atoms with Crippen molar-refractivity contribution in [1.82, 2.24) is 5.16 Å². The zero-order valence-electron chi connectivity index (χ0n) is 13.8.